The van der Waals surface area contributed by atoms with E-state index >= 15 is 0 Å². The van der Waals surface area contributed by atoms with E-state index in [9.17, 15) is 4.79 Å². The van der Waals surface area contributed by atoms with Crippen LogP contribution < -0.4 is 5.32 Å². The summed E-state index contributed by atoms with van der Waals surface area (Å²) in [5, 5.41) is 3.72. The Balaban J connectivity index is 1.30. The molecule has 162 valence electrons. The zero-order valence-corrected chi connectivity index (χ0v) is 18.3. The van der Waals surface area contributed by atoms with E-state index in [0.29, 0.717) is 12.5 Å². The number of esters is 1. The van der Waals surface area contributed by atoms with Gasteiger partial charge in [-0.2, -0.15) is 0 Å². The van der Waals surface area contributed by atoms with Crippen LogP contribution in [0, 0.1) is 0 Å². The summed E-state index contributed by atoms with van der Waals surface area (Å²) >= 11 is 0. The van der Waals surface area contributed by atoms with Gasteiger partial charge in [0, 0.05) is 37.8 Å². The molecule has 0 radical (unpaired) electrons. The number of carbonyl (C=O) groups is 1. The maximum absolute atomic E-state index is 11.1. The normalized spacial score (nSPS) is 15.1. The van der Waals surface area contributed by atoms with Gasteiger partial charge in [0.05, 0.1) is 7.11 Å². The summed E-state index contributed by atoms with van der Waals surface area (Å²) in [6.07, 6.45) is 8.25. The van der Waals surface area contributed by atoms with Crippen LogP contribution in [0.3, 0.4) is 0 Å². The molecule has 1 aliphatic heterocycles. The number of unbranched alkanes of at least 4 members (excludes halogenated alkanes) is 2. The van der Waals surface area contributed by atoms with Crippen molar-refractivity contribution >= 4 is 11.7 Å². The largest absolute Gasteiger partial charge is 0.469 e. The lowest BCUT2D eigenvalue weighted by molar-refractivity contribution is -0.140. The third-order valence-electron chi connectivity index (χ3n) is 6.05. The Hall–Kier alpha value is -2.33. The van der Waals surface area contributed by atoms with E-state index in [-0.39, 0.29) is 5.97 Å². The van der Waals surface area contributed by atoms with E-state index in [1.165, 1.54) is 49.9 Å². The van der Waals surface area contributed by atoms with Crippen molar-refractivity contribution < 1.29 is 9.53 Å². The predicted octanol–water partition coefficient (Wildman–Crippen LogP) is 5.08. The van der Waals surface area contributed by atoms with E-state index in [1.807, 2.05) is 0 Å². The van der Waals surface area contributed by atoms with Crippen LogP contribution in [-0.4, -0.2) is 43.7 Å². The van der Waals surface area contributed by atoms with Gasteiger partial charge in [0.2, 0.25) is 0 Å². The summed E-state index contributed by atoms with van der Waals surface area (Å²) in [7, 11) is 1.45. The summed E-state index contributed by atoms with van der Waals surface area (Å²) in [4.78, 5) is 13.7. The van der Waals surface area contributed by atoms with Crippen LogP contribution in [0.4, 0.5) is 5.69 Å². The van der Waals surface area contributed by atoms with Crippen LogP contribution in [0.5, 0.6) is 0 Å². The van der Waals surface area contributed by atoms with E-state index in [2.05, 4.69) is 69.6 Å². The van der Waals surface area contributed by atoms with Crippen LogP contribution in [0.1, 0.15) is 49.7 Å². The Kier molecular flexibility index (Phi) is 9.23. The van der Waals surface area contributed by atoms with Gasteiger partial charge in [-0.1, -0.05) is 48.9 Å². The standard InChI is InChI=1S/C26H36N2O2/c1-30-26(29)11-7-3-6-10-23-12-14-24(15-13-23)27-25-17-20-28(21-18-25)19-16-22-8-4-2-5-9-22/h2,4-5,8-9,12-15,25,27H,3,6-7,10-11,16-21H2,1H3. The molecule has 2 aromatic rings. The number of rotatable bonds is 11. The van der Waals surface area contributed by atoms with Crippen molar-refractivity contribution in [2.75, 3.05) is 32.1 Å². The number of anilines is 1. The molecule has 30 heavy (non-hydrogen) atoms. The number of ether oxygens (including phenoxy) is 1. The lowest BCUT2D eigenvalue weighted by atomic mass is 10.0. The molecule has 1 heterocycles. The minimum Gasteiger partial charge on any atom is -0.469 e. The van der Waals surface area contributed by atoms with Crippen molar-refractivity contribution in [3.63, 3.8) is 0 Å². The molecule has 0 spiro atoms. The van der Waals surface area contributed by atoms with Gasteiger partial charge in [-0.25, -0.2) is 0 Å². The number of nitrogens with zero attached hydrogens (tertiary/aromatic N) is 1. The highest BCUT2D eigenvalue weighted by atomic mass is 16.5. The molecule has 2 aromatic carbocycles. The molecule has 0 aliphatic carbocycles. The minimum absolute atomic E-state index is 0.104. The smallest absolute Gasteiger partial charge is 0.305 e. The molecule has 4 nitrogen and oxygen atoms in total. The first-order valence-electron chi connectivity index (χ1n) is 11.4. The molecule has 0 saturated carbocycles. The van der Waals surface area contributed by atoms with Crippen LogP contribution in [0.25, 0.3) is 0 Å². The SMILES string of the molecule is COC(=O)CCCCCc1ccc(NC2CCN(CCc3ccccc3)CC2)cc1. The molecular weight excluding hydrogens is 372 g/mol. The van der Waals surface area contributed by atoms with Gasteiger partial charge >= 0.3 is 5.97 Å². The number of piperidine rings is 1. The molecule has 0 bridgehead atoms. The van der Waals surface area contributed by atoms with Crippen LogP contribution in [0.15, 0.2) is 54.6 Å². The Morgan fingerprint density at radius 1 is 0.933 bits per heavy atom. The first-order valence-corrected chi connectivity index (χ1v) is 11.4. The molecule has 4 heteroatoms. The molecule has 1 aliphatic rings. The average Bonchev–Trinajstić information content (AvgIpc) is 2.80. The number of methoxy groups -OCH3 is 1. The van der Waals surface area contributed by atoms with Gasteiger partial charge < -0.3 is 15.0 Å². The monoisotopic (exact) mass is 408 g/mol. The topological polar surface area (TPSA) is 41.6 Å². The molecule has 1 fully saturated rings. The van der Waals surface area contributed by atoms with E-state index in [4.69, 9.17) is 0 Å². The van der Waals surface area contributed by atoms with Crippen molar-refractivity contribution in [2.24, 2.45) is 0 Å². The van der Waals surface area contributed by atoms with Crippen molar-refractivity contribution in [1.82, 2.24) is 4.90 Å². The second-order valence-corrected chi connectivity index (χ2v) is 8.33. The number of hydrogen-bond donors (Lipinski definition) is 1. The number of likely N-dealkylation sites (tertiary alicyclic amines) is 1. The van der Waals surface area contributed by atoms with Crippen LogP contribution >= 0.6 is 0 Å². The summed E-state index contributed by atoms with van der Waals surface area (Å²) in [6.45, 7) is 3.51. The molecule has 0 atom stereocenters. The second kappa shape index (κ2) is 12.4. The van der Waals surface area contributed by atoms with Crippen molar-refractivity contribution in [3.05, 3.63) is 65.7 Å². The maximum Gasteiger partial charge on any atom is 0.305 e. The Bertz CT molecular complexity index is 737. The minimum atomic E-state index is -0.104. The first kappa shape index (κ1) is 22.4. The Morgan fingerprint density at radius 2 is 1.63 bits per heavy atom. The van der Waals surface area contributed by atoms with E-state index in [1.54, 1.807) is 0 Å². The Labute approximate surface area is 181 Å². The van der Waals surface area contributed by atoms with Gasteiger partial charge in [-0.15, -0.1) is 0 Å². The Morgan fingerprint density at radius 3 is 2.33 bits per heavy atom. The molecule has 3 rings (SSSR count). The number of nitrogens with one attached hydrogen (secondary N) is 1. The van der Waals surface area contributed by atoms with Crippen molar-refractivity contribution in [2.45, 2.75) is 57.4 Å². The zero-order valence-electron chi connectivity index (χ0n) is 18.3. The summed E-state index contributed by atoms with van der Waals surface area (Å²) in [5.74, 6) is -0.104. The summed E-state index contributed by atoms with van der Waals surface area (Å²) in [6, 6.07) is 20.2. The highest BCUT2D eigenvalue weighted by Gasteiger charge is 2.18. The number of carbonyl (C=O) groups excluding carboxylic acids is 1. The molecule has 0 amide bonds. The second-order valence-electron chi connectivity index (χ2n) is 8.33. The highest BCUT2D eigenvalue weighted by molar-refractivity contribution is 5.68. The fourth-order valence-electron chi connectivity index (χ4n) is 4.11. The number of hydrogen-bond acceptors (Lipinski definition) is 4. The van der Waals surface area contributed by atoms with Crippen LogP contribution in [-0.2, 0) is 22.4 Å². The van der Waals surface area contributed by atoms with Gasteiger partial charge in [0.1, 0.15) is 0 Å². The van der Waals surface area contributed by atoms with Crippen LogP contribution in [0.2, 0.25) is 0 Å². The lowest BCUT2D eigenvalue weighted by Gasteiger charge is -2.33. The molecule has 1 N–H and O–H groups in total. The maximum atomic E-state index is 11.1. The fraction of sp³-hybridized carbons (Fsp3) is 0.500. The molecule has 0 unspecified atom stereocenters. The van der Waals surface area contributed by atoms with Crippen molar-refractivity contribution in [3.8, 4) is 0 Å². The third-order valence-corrected chi connectivity index (χ3v) is 6.05. The van der Waals surface area contributed by atoms with Crippen molar-refractivity contribution in [1.29, 1.82) is 0 Å². The van der Waals surface area contributed by atoms with Gasteiger partial charge in [0.25, 0.3) is 0 Å². The number of benzene rings is 2. The molecule has 1 saturated heterocycles. The lowest BCUT2D eigenvalue weighted by Crippen LogP contribution is -2.40. The van der Waals surface area contributed by atoms with Gasteiger partial charge in [-0.3, -0.25) is 4.79 Å². The van der Waals surface area contributed by atoms with Gasteiger partial charge in [-0.05, 0) is 61.8 Å². The first-order chi connectivity index (χ1) is 14.7. The molecule has 0 aromatic heterocycles. The molecular formula is C26H36N2O2. The van der Waals surface area contributed by atoms with E-state index in [0.717, 1.165) is 38.6 Å². The number of aryl methyl sites for hydroxylation is 1. The van der Waals surface area contributed by atoms with E-state index < -0.39 is 0 Å². The third kappa shape index (κ3) is 7.83. The zero-order chi connectivity index (χ0) is 21.0. The predicted molar refractivity (Wildman–Crippen MR) is 124 cm³/mol. The quantitative estimate of drug-likeness (QED) is 0.416. The van der Waals surface area contributed by atoms with Gasteiger partial charge in [0.15, 0.2) is 0 Å². The summed E-state index contributed by atoms with van der Waals surface area (Å²) < 4.78 is 4.68. The average molecular weight is 409 g/mol. The fourth-order valence-corrected chi connectivity index (χ4v) is 4.11. The summed E-state index contributed by atoms with van der Waals surface area (Å²) in [5.41, 5.74) is 4.03. The highest BCUT2D eigenvalue weighted by Crippen LogP contribution is 2.18.